The van der Waals surface area contributed by atoms with Crippen molar-refractivity contribution in [2.24, 2.45) is 0 Å². The minimum atomic E-state index is -1.00. The van der Waals surface area contributed by atoms with Crippen LogP contribution in [0.5, 0.6) is 0 Å². The number of likely N-dealkylation sites (tertiary alicyclic amines) is 1. The fourth-order valence-corrected chi connectivity index (χ4v) is 4.05. The van der Waals surface area contributed by atoms with E-state index in [0.29, 0.717) is 24.0 Å². The van der Waals surface area contributed by atoms with Gasteiger partial charge < -0.3 is 15.5 Å². The van der Waals surface area contributed by atoms with Crippen LogP contribution in [0.15, 0.2) is 23.6 Å². The Morgan fingerprint density at radius 3 is 2.43 bits per heavy atom. The maximum absolute atomic E-state index is 14.2. The number of ketones is 1. The third-order valence-corrected chi connectivity index (χ3v) is 5.95. The fraction of sp³-hybridized carbons (Fsp3) is 0.381. The number of carbonyl (C=O) groups excluding carboxylic acids is 3. The smallest absolute Gasteiger partial charge is 0.256 e. The van der Waals surface area contributed by atoms with Gasteiger partial charge in [0, 0.05) is 24.5 Å². The fourth-order valence-electron chi connectivity index (χ4n) is 3.26. The van der Waals surface area contributed by atoms with Crippen molar-refractivity contribution >= 4 is 34.6 Å². The number of piperidine rings is 1. The average Bonchev–Trinajstić information content (AvgIpc) is 3.21. The Morgan fingerprint density at radius 2 is 1.77 bits per heavy atom. The van der Waals surface area contributed by atoms with Crippen LogP contribution in [0.1, 0.15) is 56.6 Å². The van der Waals surface area contributed by atoms with Crippen molar-refractivity contribution in [2.45, 2.75) is 26.2 Å². The van der Waals surface area contributed by atoms with E-state index in [-0.39, 0.29) is 22.6 Å². The van der Waals surface area contributed by atoms with Crippen LogP contribution in [0.2, 0.25) is 0 Å². The molecule has 1 saturated heterocycles. The van der Waals surface area contributed by atoms with Crippen LogP contribution in [0.25, 0.3) is 0 Å². The van der Waals surface area contributed by atoms with E-state index in [1.807, 2.05) is 0 Å². The van der Waals surface area contributed by atoms with Crippen LogP contribution in [0.4, 0.5) is 14.5 Å². The maximum Gasteiger partial charge on any atom is 0.256 e. The summed E-state index contributed by atoms with van der Waals surface area (Å²) in [6.07, 6.45) is 3.46. The van der Waals surface area contributed by atoms with Gasteiger partial charge in [0.05, 0.1) is 21.7 Å². The Morgan fingerprint density at radius 1 is 1.03 bits per heavy atom. The molecule has 0 spiro atoms. The van der Waals surface area contributed by atoms with E-state index in [1.54, 1.807) is 0 Å². The van der Waals surface area contributed by atoms with Crippen LogP contribution in [-0.2, 0) is 0 Å². The summed E-state index contributed by atoms with van der Waals surface area (Å²) in [6, 6.07) is 2.96. The Labute approximate surface area is 177 Å². The lowest BCUT2D eigenvalue weighted by Crippen LogP contribution is -2.37. The third kappa shape index (κ3) is 5.48. The summed E-state index contributed by atoms with van der Waals surface area (Å²) < 4.78 is 28.3. The molecular weight excluding hydrogens is 412 g/mol. The van der Waals surface area contributed by atoms with E-state index in [0.717, 1.165) is 43.3 Å². The maximum atomic E-state index is 14.2. The molecule has 0 radical (unpaired) electrons. The first-order valence-electron chi connectivity index (χ1n) is 9.75. The molecule has 2 N–H and O–H groups in total. The minimum absolute atomic E-state index is 0.182. The van der Waals surface area contributed by atoms with E-state index in [4.69, 9.17) is 0 Å². The lowest BCUT2D eigenvalue weighted by Gasteiger charge is -2.26. The van der Waals surface area contributed by atoms with Gasteiger partial charge >= 0.3 is 0 Å². The monoisotopic (exact) mass is 435 g/mol. The highest BCUT2D eigenvalue weighted by molar-refractivity contribution is 7.12. The molecule has 3 rings (SSSR count). The number of nitrogens with zero attached hydrogens (tertiary/aromatic N) is 1. The predicted molar refractivity (Wildman–Crippen MR) is 111 cm³/mol. The highest BCUT2D eigenvalue weighted by Gasteiger charge is 2.19. The molecule has 0 unspecified atom stereocenters. The number of hydrogen-bond acceptors (Lipinski definition) is 5. The van der Waals surface area contributed by atoms with Crippen molar-refractivity contribution in [3.05, 3.63) is 51.2 Å². The largest absolute Gasteiger partial charge is 0.351 e. The SMILES string of the molecule is CC(=O)c1cc(C(=O)Nc2cc(C(=O)NCCN3CCCCC3)c(F)cc2F)cs1. The van der Waals surface area contributed by atoms with E-state index in [9.17, 15) is 23.2 Å². The van der Waals surface area contributed by atoms with Crippen LogP contribution in [0, 0.1) is 11.6 Å². The second-order valence-corrected chi connectivity index (χ2v) is 8.09. The van der Waals surface area contributed by atoms with Gasteiger partial charge in [0.1, 0.15) is 11.6 Å². The predicted octanol–water partition coefficient (Wildman–Crippen LogP) is 3.70. The molecule has 1 fully saturated rings. The molecule has 1 aromatic carbocycles. The summed E-state index contributed by atoms with van der Waals surface area (Å²) in [5, 5.41) is 6.45. The summed E-state index contributed by atoms with van der Waals surface area (Å²) in [4.78, 5) is 38.7. The number of amides is 2. The standard InChI is InChI=1S/C21H23F2N3O3S/c1-13(27)19-9-14(12-30-19)20(28)25-18-10-15(16(22)11-17(18)23)21(29)24-5-8-26-6-3-2-4-7-26/h9-12H,2-8H2,1H3,(H,24,29)(H,25,28). The van der Waals surface area contributed by atoms with Gasteiger partial charge in [-0.3, -0.25) is 14.4 Å². The molecule has 2 aromatic rings. The number of thiophene rings is 1. The first-order valence-corrected chi connectivity index (χ1v) is 10.6. The zero-order valence-corrected chi connectivity index (χ0v) is 17.4. The van der Waals surface area contributed by atoms with Crippen molar-refractivity contribution in [2.75, 3.05) is 31.5 Å². The zero-order chi connectivity index (χ0) is 21.7. The first-order chi connectivity index (χ1) is 14.3. The second kappa shape index (κ2) is 9.90. The van der Waals surface area contributed by atoms with Crippen LogP contribution < -0.4 is 10.6 Å². The molecule has 160 valence electrons. The van der Waals surface area contributed by atoms with Gasteiger partial charge in [-0.05, 0) is 45.0 Å². The van der Waals surface area contributed by atoms with E-state index >= 15 is 0 Å². The lowest BCUT2D eigenvalue weighted by atomic mass is 10.1. The summed E-state index contributed by atoms with van der Waals surface area (Å²) >= 11 is 1.10. The minimum Gasteiger partial charge on any atom is -0.351 e. The summed E-state index contributed by atoms with van der Waals surface area (Å²) in [6.45, 7) is 4.34. The van der Waals surface area contributed by atoms with Gasteiger partial charge in [-0.1, -0.05) is 6.42 Å². The molecule has 30 heavy (non-hydrogen) atoms. The number of carbonyl (C=O) groups is 3. The molecule has 2 heterocycles. The number of halogens is 2. The number of benzene rings is 1. The normalized spacial score (nSPS) is 14.4. The zero-order valence-electron chi connectivity index (χ0n) is 16.6. The Bertz CT molecular complexity index is 955. The van der Waals surface area contributed by atoms with Crippen molar-refractivity contribution < 1.29 is 23.2 Å². The van der Waals surface area contributed by atoms with Gasteiger partial charge in [-0.15, -0.1) is 11.3 Å². The lowest BCUT2D eigenvalue weighted by molar-refractivity contribution is 0.0940. The van der Waals surface area contributed by atoms with Crippen LogP contribution in [0.3, 0.4) is 0 Å². The molecule has 1 aliphatic rings. The van der Waals surface area contributed by atoms with E-state index in [2.05, 4.69) is 15.5 Å². The summed E-state index contributed by atoms with van der Waals surface area (Å²) in [5.41, 5.74) is -0.472. The molecule has 1 aliphatic heterocycles. The Balaban J connectivity index is 1.65. The number of rotatable bonds is 7. The highest BCUT2D eigenvalue weighted by Crippen LogP contribution is 2.22. The van der Waals surface area contributed by atoms with Crippen molar-refractivity contribution in [1.82, 2.24) is 10.2 Å². The molecule has 2 amide bonds. The average molecular weight is 435 g/mol. The molecule has 0 aliphatic carbocycles. The summed E-state index contributed by atoms with van der Waals surface area (Å²) in [5.74, 6) is -3.51. The van der Waals surface area contributed by atoms with Gasteiger partial charge in [0.2, 0.25) is 0 Å². The number of anilines is 1. The summed E-state index contributed by atoms with van der Waals surface area (Å²) in [7, 11) is 0. The van der Waals surface area contributed by atoms with E-state index in [1.165, 1.54) is 24.8 Å². The molecule has 1 aromatic heterocycles. The van der Waals surface area contributed by atoms with Gasteiger partial charge in [0.25, 0.3) is 11.8 Å². The Hall–Kier alpha value is -2.65. The van der Waals surface area contributed by atoms with Gasteiger partial charge in [0.15, 0.2) is 5.78 Å². The van der Waals surface area contributed by atoms with Crippen molar-refractivity contribution in [3.8, 4) is 0 Å². The van der Waals surface area contributed by atoms with E-state index < -0.39 is 23.4 Å². The topological polar surface area (TPSA) is 78.5 Å². The third-order valence-electron chi connectivity index (χ3n) is 4.92. The molecule has 0 bridgehead atoms. The van der Waals surface area contributed by atoms with Crippen LogP contribution in [-0.4, -0.2) is 48.7 Å². The quantitative estimate of drug-likeness (QED) is 0.650. The van der Waals surface area contributed by atoms with Crippen molar-refractivity contribution in [3.63, 3.8) is 0 Å². The Kier molecular flexibility index (Phi) is 7.28. The molecule has 6 nitrogen and oxygen atoms in total. The number of hydrogen-bond donors (Lipinski definition) is 2. The number of Topliss-reactive ketones (excluding diaryl/α,β-unsaturated/α-hetero) is 1. The molecule has 0 saturated carbocycles. The highest BCUT2D eigenvalue weighted by atomic mass is 32.1. The second-order valence-electron chi connectivity index (χ2n) is 7.18. The van der Waals surface area contributed by atoms with Gasteiger partial charge in [-0.2, -0.15) is 0 Å². The first kappa shape index (κ1) is 22.0. The number of nitrogens with one attached hydrogen (secondary N) is 2. The molecule has 9 heteroatoms. The van der Waals surface area contributed by atoms with Gasteiger partial charge in [-0.25, -0.2) is 8.78 Å². The van der Waals surface area contributed by atoms with Crippen molar-refractivity contribution in [1.29, 1.82) is 0 Å². The molecule has 0 atom stereocenters. The van der Waals surface area contributed by atoms with Crippen LogP contribution >= 0.6 is 11.3 Å². The molecular formula is C21H23F2N3O3S.